The van der Waals surface area contributed by atoms with E-state index in [9.17, 15) is 0 Å². The van der Waals surface area contributed by atoms with Gasteiger partial charge >= 0.3 is 0 Å². The van der Waals surface area contributed by atoms with Crippen molar-refractivity contribution in [1.82, 2.24) is 0 Å². The van der Waals surface area contributed by atoms with E-state index in [1.165, 1.54) is 11.1 Å². The normalized spacial score (nSPS) is 10.3. The Hall–Kier alpha value is -2.74. The van der Waals surface area contributed by atoms with Crippen LogP contribution < -0.4 is 11.1 Å². The van der Waals surface area contributed by atoms with Gasteiger partial charge in [0.15, 0.2) is 0 Å². The molecule has 0 aliphatic heterocycles. The molecule has 104 valence electrons. The van der Waals surface area contributed by atoms with Crippen molar-refractivity contribution >= 4 is 17.1 Å². The van der Waals surface area contributed by atoms with Gasteiger partial charge in [0, 0.05) is 5.69 Å². The van der Waals surface area contributed by atoms with Crippen LogP contribution in [0.25, 0.3) is 11.1 Å². The molecule has 3 rings (SSSR count). The minimum Gasteiger partial charge on any atom is -0.397 e. The second kappa shape index (κ2) is 5.71. The number of hydrogen-bond donors (Lipinski definition) is 2. The van der Waals surface area contributed by atoms with Crippen molar-refractivity contribution in [2.75, 3.05) is 11.1 Å². The first-order valence-corrected chi connectivity index (χ1v) is 7.01. The number of anilines is 3. The second-order valence-corrected chi connectivity index (χ2v) is 5.11. The van der Waals surface area contributed by atoms with Crippen LogP contribution in [0.15, 0.2) is 72.8 Å². The summed E-state index contributed by atoms with van der Waals surface area (Å²) in [6, 6.07) is 24.7. The van der Waals surface area contributed by atoms with Crippen molar-refractivity contribution in [2.24, 2.45) is 0 Å². The van der Waals surface area contributed by atoms with Gasteiger partial charge in [-0.15, -0.1) is 0 Å². The molecule has 0 atom stereocenters. The molecule has 0 aliphatic carbocycles. The molecule has 2 nitrogen and oxygen atoms in total. The Labute approximate surface area is 125 Å². The van der Waals surface area contributed by atoms with Crippen LogP contribution in [0.5, 0.6) is 0 Å². The highest BCUT2D eigenvalue weighted by molar-refractivity contribution is 5.76. The Morgan fingerprint density at radius 1 is 0.714 bits per heavy atom. The van der Waals surface area contributed by atoms with Gasteiger partial charge in [0.25, 0.3) is 0 Å². The van der Waals surface area contributed by atoms with Gasteiger partial charge in [-0.3, -0.25) is 0 Å². The third-order valence-corrected chi connectivity index (χ3v) is 3.57. The second-order valence-electron chi connectivity index (χ2n) is 5.11. The number of para-hydroxylation sites is 1. The number of aryl methyl sites for hydroxylation is 1. The number of nitrogens with two attached hydrogens (primary N) is 1. The Morgan fingerprint density at radius 2 is 1.38 bits per heavy atom. The Kier molecular flexibility index (Phi) is 3.61. The number of rotatable bonds is 3. The standard InChI is InChI=1S/C19H18N2/c1-14-6-5-9-18(20)19(14)21-17-12-10-16(11-13-17)15-7-3-2-4-8-15/h2-13,21H,20H2,1H3. The summed E-state index contributed by atoms with van der Waals surface area (Å²) in [5.74, 6) is 0. The van der Waals surface area contributed by atoms with Crippen LogP contribution in [-0.2, 0) is 0 Å². The summed E-state index contributed by atoms with van der Waals surface area (Å²) in [6.45, 7) is 2.05. The molecule has 3 aromatic rings. The first-order chi connectivity index (χ1) is 10.2. The molecule has 0 bridgehead atoms. The number of benzene rings is 3. The maximum absolute atomic E-state index is 6.03. The van der Waals surface area contributed by atoms with Crippen LogP contribution in [-0.4, -0.2) is 0 Å². The van der Waals surface area contributed by atoms with Gasteiger partial charge in [0.1, 0.15) is 0 Å². The molecule has 0 radical (unpaired) electrons. The zero-order valence-electron chi connectivity index (χ0n) is 12.0. The lowest BCUT2D eigenvalue weighted by atomic mass is 10.1. The largest absolute Gasteiger partial charge is 0.397 e. The van der Waals surface area contributed by atoms with Crippen LogP contribution in [0, 0.1) is 6.92 Å². The Morgan fingerprint density at radius 3 is 2.05 bits per heavy atom. The van der Waals surface area contributed by atoms with E-state index in [-0.39, 0.29) is 0 Å². The maximum atomic E-state index is 6.03. The lowest BCUT2D eigenvalue weighted by Crippen LogP contribution is -1.98. The molecule has 0 saturated heterocycles. The molecule has 3 N–H and O–H groups in total. The zero-order chi connectivity index (χ0) is 14.7. The summed E-state index contributed by atoms with van der Waals surface area (Å²) in [4.78, 5) is 0. The van der Waals surface area contributed by atoms with E-state index in [4.69, 9.17) is 5.73 Å². The van der Waals surface area contributed by atoms with E-state index >= 15 is 0 Å². The Bertz CT molecular complexity index is 711. The van der Waals surface area contributed by atoms with Crippen LogP contribution in [0.4, 0.5) is 17.1 Å². The molecule has 0 saturated carbocycles. The summed E-state index contributed by atoms with van der Waals surface area (Å²) in [5, 5.41) is 3.39. The maximum Gasteiger partial charge on any atom is 0.0647 e. The smallest absolute Gasteiger partial charge is 0.0647 e. The highest BCUT2D eigenvalue weighted by atomic mass is 14.9. The molecule has 0 aromatic heterocycles. The molecule has 3 aromatic carbocycles. The summed E-state index contributed by atoms with van der Waals surface area (Å²) < 4.78 is 0. The van der Waals surface area contributed by atoms with Crippen molar-refractivity contribution in [1.29, 1.82) is 0 Å². The number of hydrogen-bond acceptors (Lipinski definition) is 2. The highest BCUT2D eigenvalue weighted by Gasteiger charge is 2.03. The third-order valence-electron chi connectivity index (χ3n) is 3.57. The van der Waals surface area contributed by atoms with Crippen molar-refractivity contribution in [3.63, 3.8) is 0 Å². The van der Waals surface area contributed by atoms with Crippen LogP contribution in [0.1, 0.15) is 5.56 Å². The van der Waals surface area contributed by atoms with Gasteiger partial charge in [-0.2, -0.15) is 0 Å². The predicted octanol–water partition coefficient (Wildman–Crippen LogP) is 4.99. The lowest BCUT2D eigenvalue weighted by molar-refractivity contribution is 1.43. The highest BCUT2D eigenvalue weighted by Crippen LogP contribution is 2.28. The van der Waals surface area contributed by atoms with Gasteiger partial charge in [-0.1, -0.05) is 54.6 Å². The van der Waals surface area contributed by atoms with E-state index in [0.29, 0.717) is 0 Å². The van der Waals surface area contributed by atoms with Gasteiger partial charge in [0.05, 0.1) is 11.4 Å². The summed E-state index contributed by atoms with van der Waals surface area (Å²) in [7, 11) is 0. The van der Waals surface area contributed by atoms with Crippen LogP contribution in [0.2, 0.25) is 0 Å². The van der Waals surface area contributed by atoms with E-state index in [2.05, 4.69) is 66.8 Å². The molecule has 0 spiro atoms. The molecular weight excluding hydrogens is 256 g/mol. The Balaban J connectivity index is 1.85. The van der Waals surface area contributed by atoms with E-state index in [1.807, 2.05) is 18.2 Å². The minimum atomic E-state index is 0.766. The topological polar surface area (TPSA) is 38.0 Å². The molecule has 21 heavy (non-hydrogen) atoms. The average Bonchev–Trinajstić information content (AvgIpc) is 2.53. The van der Waals surface area contributed by atoms with Crippen molar-refractivity contribution in [3.05, 3.63) is 78.4 Å². The number of nitrogens with one attached hydrogen (secondary N) is 1. The fourth-order valence-electron chi connectivity index (χ4n) is 2.38. The fraction of sp³-hybridized carbons (Fsp3) is 0.0526. The molecule has 0 heterocycles. The first kappa shape index (κ1) is 13.3. The molecule has 0 unspecified atom stereocenters. The summed E-state index contributed by atoms with van der Waals surface area (Å²) in [5.41, 5.74) is 12.4. The van der Waals surface area contributed by atoms with Crippen LogP contribution >= 0.6 is 0 Å². The molecule has 2 heteroatoms. The minimum absolute atomic E-state index is 0.766. The zero-order valence-corrected chi connectivity index (χ0v) is 12.0. The number of nitrogen functional groups attached to an aromatic ring is 1. The van der Waals surface area contributed by atoms with Gasteiger partial charge in [-0.05, 0) is 41.8 Å². The summed E-state index contributed by atoms with van der Waals surface area (Å²) >= 11 is 0. The van der Waals surface area contributed by atoms with E-state index in [0.717, 1.165) is 22.6 Å². The SMILES string of the molecule is Cc1cccc(N)c1Nc1ccc(-c2ccccc2)cc1. The first-order valence-electron chi connectivity index (χ1n) is 7.01. The summed E-state index contributed by atoms with van der Waals surface area (Å²) in [6.07, 6.45) is 0. The third kappa shape index (κ3) is 2.90. The fourth-order valence-corrected chi connectivity index (χ4v) is 2.38. The van der Waals surface area contributed by atoms with Gasteiger partial charge in [0.2, 0.25) is 0 Å². The van der Waals surface area contributed by atoms with Crippen molar-refractivity contribution in [3.8, 4) is 11.1 Å². The quantitative estimate of drug-likeness (QED) is 0.660. The predicted molar refractivity (Wildman–Crippen MR) is 90.8 cm³/mol. The molecule has 0 amide bonds. The van der Waals surface area contributed by atoms with Crippen LogP contribution in [0.3, 0.4) is 0 Å². The molecular formula is C19H18N2. The molecule has 0 fully saturated rings. The average molecular weight is 274 g/mol. The van der Waals surface area contributed by atoms with Crippen molar-refractivity contribution < 1.29 is 0 Å². The monoisotopic (exact) mass is 274 g/mol. The van der Waals surface area contributed by atoms with Gasteiger partial charge in [-0.25, -0.2) is 0 Å². The van der Waals surface area contributed by atoms with E-state index in [1.54, 1.807) is 0 Å². The van der Waals surface area contributed by atoms with Crippen molar-refractivity contribution in [2.45, 2.75) is 6.92 Å². The molecule has 0 aliphatic rings. The van der Waals surface area contributed by atoms with Gasteiger partial charge < -0.3 is 11.1 Å². The lowest BCUT2D eigenvalue weighted by Gasteiger charge is -2.12. The van der Waals surface area contributed by atoms with E-state index < -0.39 is 0 Å².